The van der Waals surface area contributed by atoms with Crippen LogP contribution in [0.15, 0.2) is 22.8 Å². The number of aromatic hydroxyl groups is 1. The SMILES string of the molecule is CC(OC=O)c1c[nH]c2cc(Br)c(O)cc12. The highest BCUT2D eigenvalue weighted by molar-refractivity contribution is 9.10. The molecular weight excluding hydrogens is 274 g/mol. The highest BCUT2D eigenvalue weighted by atomic mass is 79.9. The van der Waals surface area contributed by atoms with E-state index in [9.17, 15) is 9.90 Å². The number of aromatic amines is 1. The largest absolute Gasteiger partial charge is 0.507 e. The van der Waals surface area contributed by atoms with Crippen molar-refractivity contribution >= 4 is 33.3 Å². The summed E-state index contributed by atoms with van der Waals surface area (Å²) in [6, 6.07) is 3.41. The fourth-order valence-electron chi connectivity index (χ4n) is 1.65. The molecule has 16 heavy (non-hydrogen) atoms. The van der Waals surface area contributed by atoms with Crippen molar-refractivity contribution < 1.29 is 14.6 Å². The molecule has 1 unspecified atom stereocenters. The van der Waals surface area contributed by atoms with Crippen molar-refractivity contribution in [3.63, 3.8) is 0 Å². The van der Waals surface area contributed by atoms with Gasteiger partial charge in [-0.2, -0.15) is 0 Å². The molecule has 0 bridgehead atoms. The molecule has 0 aliphatic carbocycles. The quantitative estimate of drug-likeness (QED) is 0.852. The molecule has 0 radical (unpaired) electrons. The maximum atomic E-state index is 10.3. The molecule has 1 atom stereocenters. The van der Waals surface area contributed by atoms with Gasteiger partial charge in [-0.3, -0.25) is 4.79 Å². The number of carbonyl (C=O) groups excluding carboxylic acids is 1. The zero-order chi connectivity index (χ0) is 11.7. The van der Waals surface area contributed by atoms with Crippen LogP contribution in [-0.2, 0) is 9.53 Å². The van der Waals surface area contributed by atoms with Crippen LogP contribution in [0.3, 0.4) is 0 Å². The normalized spacial score (nSPS) is 12.6. The number of nitrogens with one attached hydrogen (secondary N) is 1. The molecule has 1 aromatic carbocycles. The van der Waals surface area contributed by atoms with Crippen molar-refractivity contribution in [1.29, 1.82) is 0 Å². The van der Waals surface area contributed by atoms with Crippen LogP contribution in [0.1, 0.15) is 18.6 Å². The molecule has 0 saturated heterocycles. The lowest BCUT2D eigenvalue weighted by molar-refractivity contribution is -0.133. The van der Waals surface area contributed by atoms with Crippen LogP contribution in [0, 0.1) is 0 Å². The predicted octanol–water partition coefficient (Wildman–Crippen LogP) is 2.87. The van der Waals surface area contributed by atoms with E-state index < -0.39 is 0 Å². The molecule has 0 aliphatic heterocycles. The van der Waals surface area contributed by atoms with Gasteiger partial charge in [0.1, 0.15) is 11.9 Å². The van der Waals surface area contributed by atoms with E-state index in [1.54, 1.807) is 25.3 Å². The number of benzene rings is 1. The first-order chi connectivity index (χ1) is 7.63. The zero-order valence-corrected chi connectivity index (χ0v) is 10.1. The predicted molar refractivity (Wildman–Crippen MR) is 63.2 cm³/mol. The van der Waals surface area contributed by atoms with Gasteiger partial charge >= 0.3 is 0 Å². The van der Waals surface area contributed by atoms with E-state index in [2.05, 4.69) is 20.9 Å². The maximum Gasteiger partial charge on any atom is 0.293 e. The summed E-state index contributed by atoms with van der Waals surface area (Å²) in [6.45, 7) is 2.19. The summed E-state index contributed by atoms with van der Waals surface area (Å²) in [5.74, 6) is 0.159. The molecule has 0 aliphatic rings. The maximum absolute atomic E-state index is 10.3. The van der Waals surface area contributed by atoms with Crippen LogP contribution >= 0.6 is 15.9 Å². The van der Waals surface area contributed by atoms with Crippen LogP contribution in [0.2, 0.25) is 0 Å². The van der Waals surface area contributed by atoms with Crippen LogP contribution in [0.5, 0.6) is 5.75 Å². The van der Waals surface area contributed by atoms with Crippen molar-refractivity contribution in [3.8, 4) is 5.75 Å². The standard InChI is InChI=1S/C11H10BrNO3/c1-6(16-5-14)8-4-13-10-3-9(12)11(15)2-7(8)10/h2-6,13,15H,1H3. The molecule has 4 nitrogen and oxygen atoms in total. The van der Waals surface area contributed by atoms with Crippen molar-refractivity contribution in [2.75, 3.05) is 0 Å². The topological polar surface area (TPSA) is 62.3 Å². The molecule has 2 rings (SSSR count). The summed E-state index contributed by atoms with van der Waals surface area (Å²) in [5.41, 5.74) is 1.71. The smallest absolute Gasteiger partial charge is 0.293 e. The monoisotopic (exact) mass is 283 g/mol. The number of ether oxygens (including phenoxy) is 1. The van der Waals surface area contributed by atoms with Gasteiger partial charge in [-0.05, 0) is 35.0 Å². The lowest BCUT2D eigenvalue weighted by Gasteiger charge is -2.08. The molecule has 0 fully saturated rings. The van der Waals surface area contributed by atoms with Gasteiger partial charge in [-0.1, -0.05) is 0 Å². The number of phenolic OH excluding ortho intramolecular Hbond substituents is 1. The Morgan fingerprint density at radius 1 is 1.56 bits per heavy atom. The first-order valence-electron chi connectivity index (χ1n) is 4.72. The summed E-state index contributed by atoms with van der Waals surface area (Å²) >= 11 is 3.24. The van der Waals surface area contributed by atoms with Crippen LogP contribution in [0.4, 0.5) is 0 Å². The lowest BCUT2D eigenvalue weighted by Crippen LogP contribution is -1.96. The number of phenols is 1. The Kier molecular flexibility index (Phi) is 2.87. The van der Waals surface area contributed by atoms with Crippen molar-refractivity contribution in [2.24, 2.45) is 0 Å². The number of aromatic nitrogens is 1. The summed E-state index contributed by atoms with van der Waals surface area (Å²) < 4.78 is 5.49. The highest BCUT2D eigenvalue weighted by Gasteiger charge is 2.13. The number of rotatable bonds is 3. The Morgan fingerprint density at radius 2 is 2.31 bits per heavy atom. The fraction of sp³-hybridized carbons (Fsp3) is 0.182. The molecule has 84 valence electrons. The van der Waals surface area contributed by atoms with E-state index in [1.165, 1.54) is 0 Å². The third kappa shape index (κ3) is 1.78. The Morgan fingerprint density at radius 3 is 3.00 bits per heavy atom. The average molecular weight is 284 g/mol. The van der Waals surface area contributed by atoms with Crippen molar-refractivity contribution in [3.05, 3.63) is 28.4 Å². The van der Waals surface area contributed by atoms with E-state index >= 15 is 0 Å². The molecule has 2 N–H and O–H groups in total. The minimum Gasteiger partial charge on any atom is -0.507 e. The first kappa shape index (κ1) is 11.0. The van der Waals surface area contributed by atoms with Gasteiger partial charge in [-0.15, -0.1) is 0 Å². The van der Waals surface area contributed by atoms with E-state index in [4.69, 9.17) is 4.74 Å². The number of carbonyl (C=O) groups is 1. The molecule has 5 heteroatoms. The number of halogens is 1. The summed E-state index contributed by atoms with van der Waals surface area (Å²) in [7, 11) is 0. The van der Waals surface area contributed by atoms with E-state index in [0.29, 0.717) is 10.9 Å². The molecule has 1 heterocycles. The Labute approximate surface area is 100 Å². The molecule has 2 aromatic rings. The summed E-state index contributed by atoms with van der Waals surface area (Å²) in [6.07, 6.45) is 1.43. The Bertz CT molecular complexity index is 535. The van der Waals surface area contributed by atoms with Crippen molar-refractivity contribution in [2.45, 2.75) is 13.0 Å². The molecule has 1 aromatic heterocycles. The van der Waals surface area contributed by atoms with Gasteiger partial charge in [0, 0.05) is 22.7 Å². The second kappa shape index (κ2) is 4.17. The number of fused-ring (bicyclic) bond motifs is 1. The molecule has 0 saturated carbocycles. The van der Waals surface area contributed by atoms with Gasteiger partial charge < -0.3 is 14.8 Å². The average Bonchev–Trinajstić information content (AvgIpc) is 2.62. The third-order valence-electron chi connectivity index (χ3n) is 2.48. The molecule has 0 amide bonds. The number of H-pyrrole nitrogens is 1. The van der Waals surface area contributed by atoms with E-state index in [0.717, 1.165) is 16.5 Å². The summed E-state index contributed by atoms with van der Waals surface area (Å²) in [5, 5.41) is 10.4. The first-order valence-corrected chi connectivity index (χ1v) is 5.51. The van der Waals surface area contributed by atoms with E-state index in [1.807, 2.05) is 0 Å². The number of hydrogen-bond donors (Lipinski definition) is 2. The second-order valence-electron chi connectivity index (χ2n) is 3.47. The lowest BCUT2D eigenvalue weighted by atomic mass is 10.1. The van der Waals surface area contributed by atoms with Crippen molar-refractivity contribution in [1.82, 2.24) is 4.98 Å². The van der Waals surface area contributed by atoms with Gasteiger partial charge in [0.15, 0.2) is 0 Å². The van der Waals surface area contributed by atoms with Gasteiger partial charge in [0.2, 0.25) is 0 Å². The third-order valence-corrected chi connectivity index (χ3v) is 3.11. The molecule has 0 spiro atoms. The second-order valence-corrected chi connectivity index (χ2v) is 4.32. The molecular formula is C11H10BrNO3. The van der Waals surface area contributed by atoms with Crippen LogP contribution in [-0.4, -0.2) is 16.6 Å². The van der Waals surface area contributed by atoms with Gasteiger partial charge in [-0.25, -0.2) is 0 Å². The minimum absolute atomic E-state index is 0.159. The van der Waals surface area contributed by atoms with Crippen LogP contribution in [0.25, 0.3) is 10.9 Å². The Hall–Kier alpha value is -1.49. The summed E-state index contributed by atoms with van der Waals surface area (Å²) in [4.78, 5) is 13.3. The minimum atomic E-state index is -0.341. The van der Waals surface area contributed by atoms with Crippen LogP contribution < -0.4 is 0 Å². The zero-order valence-electron chi connectivity index (χ0n) is 8.53. The Balaban J connectivity index is 2.55. The fourth-order valence-corrected chi connectivity index (χ4v) is 1.99. The number of hydrogen-bond acceptors (Lipinski definition) is 3. The highest BCUT2D eigenvalue weighted by Crippen LogP contribution is 2.33. The van der Waals surface area contributed by atoms with E-state index in [-0.39, 0.29) is 11.9 Å². The van der Waals surface area contributed by atoms with Gasteiger partial charge in [0.25, 0.3) is 6.47 Å². The van der Waals surface area contributed by atoms with Gasteiger partial charge in [0.05, 0.1) is 4.47 Å².